The monoisotopic (exact) mass is 538 g/mol. The van der Waals surface area contributed by atoms with E-state index in [1.54, 1.807) is 0 Å². The van der Waals surface area contributed by atoms with Crippen molar-refractivity contribution in [1.29, 1.82) is 0 Å². The van der Waals surface area contributed by atoms with E-state index in [0.717, 1.165) is 37.6 Å². The highest BCUT2D eigenvalue weighted by molar-refractivity contribution is 5.89. The number of rotatable bonds is 6. The van der Waals surface area contributed by atoms with Gasteiger partial charge in [-0.25, -0.2) is 4.68 Å². The van der Waals surface area contributed by atoms with Gasteiger partial charge in [-0.3, -0.25) is 19.2 Å². The quantitative estimate of drug-likeness (QED) is 0.320. The summed E-state index contributed by atoms with van der Waals surface area (Å²) in [6.07, 6.45) is -10.0. The van der Waals surface area contributed by atoms with Crippen LogP contribution in [-0.4, -0.2) is 63.5 Å². The molecule has 12 nitrogen and oxygen atoms in total. The second kappa shape index (κ2) is 11.3. The van der Waals surface area contributed by atoms with Gasteiger partial charge in [-0.1, -0.05) is 18.1 Å². The molecule has 0 spiro atoms. The van der Waals surface area contributed by atoms with Crippen molar-refractivity contribution in [3.8, 4) is 11.8 Å². The summed E-state index contributed by atoms with van der Waals surface area (Å²) < 4.78 is 61.9. The molecule has 202 valence electrons. The highest BCUT2D eigenvalue weighted by Crippen LogP contribution is 2.35. The Bertz CT molecular complexity index is 1310. The first-order chi connectivity index (χ1) is 17.8. The molecule has 3 rings (SSSR count). The van der Waals surface area contributed by atoms with Crippen LogP contribution in [0.2, 0.25) is 0 Å². The number of halogens is 3. The van der Waals surface area contributed by atoms with E-state index >= 15 is 0 Å². The summed E-state index contributed by atoms with van der Waals surface area (Å²) in [5.74, 6) is 0.288. The van der Waals surface area contributed by atoms with Gasteiger partial charge >= 0.3 is 24.1 Å². The molecule has 4 atom stereocenters. The molecular formula is C23H21F3N4O8. The summed E-state index contributed by atoms with van der Waals surface area (Å²) in [7, 11) is 0. The van der Waals surface area contributed by atoms with E-state index in [-0.39, 0.29) is 5.56 Å². The zero-order chi connectivity index (χ0) is 28.2. The van der Waals surface area contributed by atoms with Gasteiger partial charge in [0.05, 0.1) is 5.56 Å². The number of aromatic nitrogens is 3. The third-order valence-corrected chi connectivity index (χ3v) is 4.97. The summed E-state index contributed by atoms with van der Waals surface area (Å²) in [5, 5.41) is 4.01. The van der Waals surface area contributed by atoms with E-state index in [4.69, 9.17) is 24.7 Å². The Morgan fingerprint density at radius 1 is 1.03 bits per heavy atom. The fourth-order valence-electron chi connectivity index (χ4n) is 3.57. The van der Waals surface area contributed by atoms with Crippen LogP contribution in [0.1, 0.15) is 54.6 Å². The molecule has 1 aromatic heterocycles. The largest absolute Gasteiger partial charge is 0.463 e. The van der Waals surface area contributed by atoms with E-state index in [1.165, 1.54) is 12.1 Å². The van der Waals surface area contributed by atoms with Crippen molar-refractivity contribution in [2.75, 3.05) is 6.61 Å². The molecule has 1 aliphatic rings. The van der Waals surface area contributed by atoms with Crippen molar-refractivity contribution in [1.82, 2.24) is 14.8 Å². The average molecular weight is 538 g/mol. The summed E-state index contributed by atoms with van der Waals surface area (Å²) in [5.41, 5.74) is 4.04. The van der Waals surface area contributed by atoms with Crippen molar-refractivity contribution in [3.63, 3.8) is 0 Å². The van der Waals surface area contributed by atoms with Crippen LogP contribution < -0.4 is 5.73 Å². The number of alkyl halides is 3. The fourth-order valence-corrected chi connectivity index (χ4v) is 3.57. The second-order valence-corrected chi connectivity index (χ2v) is 7.88. The van der Waals surface area contributed by atoms with E-state index in [1.807, 2.05) is 0 Å². The molecule has 0 bridgehead atoms. The van der Waals surface area contributed by atoms with E-state index in [2.05, 4.69) is 21.9 Å². The van der Waals surface area contributed by atoms with Crippen molar-refractivity contribution < 1.29 is 51.3 Å². The predicted molar refractivity (Wildman–Crippen MR) is 118 cm³/mol. The van der Waals surface area contributed by atoms with E-state index < -0.39 is 78.4 Å². The highest BCUT2D eigenvalue weighted by atomic mass is 19.4. The first kappa shape index (κ1) is 28.1. The third-order valence-electron chi connectivity index (χ3n) is 4.97. The molecule has 0 saturated carbocycles. The SMILES string of the molecule is CC(=O)OC[C@H]1O[C@@H](n2nc(C#Cc3ccccc3C(F)(F)F)nc2C(N)=O)[C@H](OC(C)=O)[C@@H]1OC(C)=O. The number of carbonyl (C=O) groups is 4. The van der Waals surface area contributed by atoms with Crippen LogP contribution in [0.25, 0.3) is 0 Å². The zero-order valence-corrected chi connectivity index (χ0v) is 20.1. The molecule has 1 aliphatic heterocycles. The number of nitrogens with two attached hydrogens (primary N) is 1. The van der Waals surface area contributed by atoms with Gasteiger partial charge in [0, 0.05) is 26.3 Å². The van der Waals surface area contributed by atoms with Crippen molar-refractivity contribution in [2.45, 2.75) is 51.5 Å². The van der Waals surface area contributed by atoms with Gasteiger partial charge in [0.25, 0.3) is 5.91 Å². The minimum Gasteiger partial charge on any atom is -0.463 e. The zero-order valence-electron chi connectivity index (χ0n) is 20.1. The predicted octanol–water partition coefficient (Wildman–Crippen LogP) is 1.12. The number of esters is 3. The molecule has 2 heterocycles. The van der Waals surface area contributed by atoms with Crippen molar-refractivity contribution >= 4 is 23.8 Å². The normalized spacial score (nSPS) is 20.7. The molecule has 2 N–H and O–H groups in total. The maximum Gasteiger partial charge on any atom is 0.417 e. The Kier molecular flexibility index (Phi) is 8.36. The lowest BCUT2D eigenvalue weighted by molar-refractivity contribution is -0.166. The summed E-state index contributed by atoms with van der Waals surface area (Å²) >= 11 is 0. The Hall–Kier alpha value is -4.45. The van der Waals surface area contributed by atoms with Gasteiger partial charge in [0.2, 0.25) is 11.6 Å². The van der Waals surface area contributed by atoms with Crippen LogP contribution in [0, 0.1) is 11.8 Å². The minimum absolute atomic E-state index is 0.372. The summed E-state index contributed by atoms with van der Waals surface area (Å²) in [6.45, 7) is 2.84. The minimum atomic E-state index is -4.67. The van der Waals surface area contributed by atoms with Gasteiger partial charge in [0.1, 0.15) is 12.7 Å². The highest BCUT2D eigenvalue weighted by Gasteiger charge is 2.52. The number of hydrogen-bond donors (Lipinski definition) is 1. The Labute approximate surface area is 213 Å². The van der Waals surface area contributed by atoms with Crippen LogP contribution in [0.15, 0.2) is 24.3 Å². The smallest absolute Gasteiger partial charge is 0.417 e. The summed E-state index contributed by atoms with van der Waals surface area (Å²) in [4.78, 5) is 50.8. The summed E-state index contributed by atoms with van der Waals surface area (Å²) in [6, 6.07) is 4.54. The first-order valence-corrected chi connectivity index (χ1v) is 10.9. The molecular weight excluding hydrogens is 517 g/mol. The Balaban J connectivity index is 2.06. The molecule has 1 fully saturated rings. The lowest BCUT2D eigenvalue weighted by Gasteiger charge is -2.23. The first-order valence-electron chi connectivity index (χ1n) is 10.9. The molecule has 0 radical (unpaired) electrons. The fraction of sp³-hybridized carbons (Fsp3) is 0.391. The van der Waals surface area contributed by atoms with Crippen molar-refractivity contribution in [3.05, 3.63) is 47.0 Å². The van der Waals surface area contributed by atoms with Crippen LogP contribution in [-0.2, 0) is 39.5 Å². The van der Waals surface area contributed by atoms with Gasteiger partial charge in [-0.15, -0.1) is 5.10 Å². The molecule has 0 unspecified atom stereocenters. The third kappa shape index (κ3) is 6.65. The van der Waals surface area contributed by atoms with Crippen LogP contribution in [0.5, 0.6) is 0 Å². The van der Waals surface area contributed by atoms with Gasteiger partial charge in [0.15, 0.2) is 18.4 Å². The molecule has 1 aromatic carbocycles. The number of amides is 1. The molecule has 0 aliphatic carbocycles. The number of ether oxygens (including phenoxy) is 4. The molecule has 38 heavy (non-hydrogen) atoms. The van der Waals surface area contributed by atoms with E-state index in [9.17, 15) is 32.3 Å². The number of benzene rings is 1. The number of nitrogens with zero attached hydrogens (tertiary/aromatic N) is 3. The topological polar surface area (TPSA) is 162 Å². The van der Waals surface area contributed by atoms with E-state index in [0.29, 0.717) is 0 Å². The van der Waals surface area contributed by atoms with Gasteiger partial charge in [-0.2, -0.15) is 18.2 Å². The van der Waals surface area contributed by atoms with Gasteiger partial charge < -0.3 is 24.7 Å². The maximum absolute atomic E-state index is 13.3. The Morgan fingerprint density at radius 3 is 2.24 bits per heavy atom. The molecule has 1 amide bonds. The number of hydrogen-bond acceptors (Lipinski definition) is 10. The standard InChI is InChI=1S/C23H21F3N4O8/c1-11(31)35-10-16-18(36-12(2)32)19(37-13(3)33)22(38-16)30-21(20(27)34)28-17(29-30)9-8-14-6-4-5-7-15(14)23(24,25)26/h4-7,16,18-19,22H,10H2,1-3H3,(H2,27,34)/t16-,18-,19-,22-/m1/s1. The molecule has 2 aromatic rings. The lowest BCUT2D eigenvalue weighted by Crippen LogP contribution is -2.41. The van der Waals surface area contributed by atoms with Gasteiger partial charge in [-0.05, 0) is 18.1 Å². The number of carbonyl (C=O) groups excluding carboxylic acids is 4. The number of primary amides is 1. The van der Waals surface area contributed by atoms with Crippen LogP contribution >= 0.6 is 0 Å². The molecule has 1 saturated heterocycles. The van der Waals surface area contributed by atoms with Crippen molar-refractivity contribution in [2.24, 2.45) is 5.73 Å². The maximum atomic E-state index is 13.3. The average Bonchev–Trinajstić information content (AvgIpc) is 3.37. The Morgan fingerprint density at radius 2 is 1.66 bits per heavy atom. The lowest BCUT2D eigenvalue weighted by atomic mass is 10.1. The van der Waals surface area contributed by atoms with Crippen LogP contribution in [0.4, 0.5) is 13.2 Å². The van der Waals surface area contributed by atoms with Crippen LogP contribution in [0.3, 0.4) is 0 Å². The molecule has 15 heteroatoms. The second-order valence-electron chi connectivity index (χ2n) is 7.88.